The molecule has 0 spiro atoms. The fourth-order valence-electron chi connectivity index (χ4n) is 2.25. The molecule has 0 heterocycles. The van der Waals surface area contributed by atoms with Gasteiger partial charge in [0, 0.05) is 20.3 Å². The van der Waals surface area contributed by atoms with E-state index in [9.17, 15) is 4.79 Å². The maximum Gasteiger partial charge on any atom is 0.223 e. The third-order valence-electron chi connectivity index (χ3n) is 3.96. The van der Waals surface area contributed by atoms with E-state index in [2.05, 4.69) is 5.32 Å². The molecule has 1 fully saturated rings. The number of hydrogen-bond acceptors (Lipinski definition) is 4. The molecule has 3 N–H and O–H groups in total. The number of ether oxygens (including phenoxy) is 2. The predicted molar refractivity (Wildman–Crippen MR) is 82.1 cm³/mol. The summed E-state index contributed by atoms with van der Waals surface area (Å²) in [6.45, 7) is 1.83. The van der Waals surface area contributed by atoms with E-state index in [4.69, 9.17) is 15.2 Å². The zero-order valence-electron chi connectivity index (χ0n) is 12.6. The molecule has 0 bridgehead atoms. The van der Waals surface area contributed by atoms with Gasteiger partial charge in [-0.2, -0.15) is 0 Å². The van der Waals surface area contributed by atoms with Gasteiger partial charge in [0.25, 0.3) is 0 Å². The summed E-state index contributed by atoms with van der Waals surface area (Å²) in [5.41, 5.74) is 6.64. The first-order chi connectivity index (χ1) is 10.2. The second-order valence-corrected chi connectivity index (χ2v) is 5.66. The number of para-hydroxylation sites is 2. The van der Waals surface area contributed by atoms with Gasteiger partial charge in [-0.15, -0.1) is 0 Å². The highest BCUT2D eigenvalue weighted by atomic mass is 16.5. The normalized spacial score (nSPS) is 15.5. The summed E-state index contributed by atoms with van der Waals surface area (Å²) < 4.78 is 10.6. The third kappa shape index (κ3) is 4.93. The zero-order chi connectivity index (χ0) is 15.1. The van der Waals surface area contributed by atoms with Crippen LogP contribution in [0.5, 0.6) is 5.75 Å². The average Bonchev–Trinajstić information content (AvgIpc) is 3.26. The fraction of sp³-hybridized carbons (Fsp3) is 0.562. The van der Waals surface area contributed by atoms with Crippen molar-refractivity contribution < 1.29 is 14.3 Å². The SMILES string of the molecule is COCCC1(CNC(=O)CCOc2ccccc2N)CC1. The van der Waals surface area contributed by atoms with Gasteiger partial charge in [0.2, 0.25) is 5.91 Å². The smallest absolute Gasteiger partial charge is 0.223 e. The van der Waals surface area contributed by atoms with Crippen molar-refractivity contribution in [2.45, 2.75) is 25.7 Å². The number of benzene rings is 1. The number of carbonyl (C=O) groups excluding carboxylic acids is 1. The summed E-state index contributed by atoms with van der Waals surface area (Å²) in [6, 6.07) is 7.29. The quantitative estimate of drug-likeness (QED) is 0.682. The van der Waals surface area contributed by atoms with Gasteiger partial charge in [0.15, 0.2) is 0 Å². The molecular weight excluding hydrogens is 268 g/mol. The maximum atomic E-state index is 11.8. The van der Waals surface area contributed by atoms with Gasteiger partial charge in [-0.1, -0.05) is 12.1 Å². The van der Waals surface area contributed by atoms with Crippen molar-refractivity contribution in [3.8, 4) is 5.75 Å². The van der Waals surface area contributed by atoms with E-state index in [1.165, 1.54) is 12.8 Å². The number of rotatable bonds is 9. The van der Waals surface area contributed by atoms with Gasteiger partial charge in [0.05, 0.1) is 18.7 Å². The summed E-state index contributed by atoms with van der Waals surface area (Å²) in [6.07, 6.45) is 3.71. The van der Waals surface area contributed by atoms with Crippen molar-refractivity contribution in [3.63, 3.8) is 0 Å². The zero-order valence-corrected chi connectivity index (χ0v) is 12.6. The number of amides is 1. The number of nitrogens with two attached hydrogens (primary N) is 1. The Balaban J connectivity index is 1.63. The number of nitrogen functional groups attached to an aromatic ring is 1. The number of nitrogens with one attached hydrogen (secondary N) is 1. The summed E-state index contributed by atoms with van der Waals surface area (Å²) in [4.78, 5) is 11.8. The Labute approximate surface area is 125 Å². The lowest BCUT2D eigenvalue weighted by molar-refractivity contribution is -0.121. The molecule has 116 valence electrons. The van der Waals surface area contributed by atoms with Crippen LogP contribution in [-0.2, 0) is 9.53 Å². The van der Waals surface area contributed by atoms with E-state index < -0.39 is 0 Å². The summed E-state index contributed by atoms with van der Waals surface area (Å²) in [5.74, 6) is 0.650. The van der Waals surface area contributed by atoms with Crippen LogP contribution < -0.4 is 15.8 Å². The molecule has 21 heavy (non-hydrogen) atoms. The van der Waals surface area contributed by atoms with Crippen LogP contribution >= 0.6 is 0 Å². The van der Waals surface area contributed by atoms with Crippen LogP contribution in [0, 0.1) is 5.41 Å². The molecule has 1 aromatic carbocycles. The lowest BCUT2D eigenvalue weighted by atomic mass is 10.0. The van der Waals surface area contributed by atoms with E-state index in [-0.39, 0.29) is 11.3 Å². The highest BCUT2D eigenvalue weighted by molar-refractivity contribution is 5.76. The molecule has 0 aromatic heterocycles. The molecule has 0 radical (unpaired) electrons. The molecule has 5 heteroatoms. The summed E-state index contributed by atoms with van der Waals surface area (Å²) in [5, 5.41) is 2.99. The van der Waals surface area contributed by atoms with E-state index in [0.717, 1.165) is 19.6 Å². The molecule has 1 aliphatic rings. The van der Waals surface area contributed by atoms with Crippen molar-refractivity contribution in [2.75, 3.05) is 32.6 Å². The second kappa shape index (κ2) is 7.31. The molecule has 1 aliphatic carbocycles. The number of hydrogen-bond donors (Lipinski definition) is 2. The van der Waals surface area contributed by atoms with Crippen molar-refractivity contribution >= 4 is 11.6 Å². The highest BCUT2D eigenvalue weighted by Gasteiger charge is 2.41. The molecule has 0 aliphatic heterocycles. The Bertz CT molecular complexity index is 472. The minimum Gasteiger partial charge on any atom is -0.491 e. The molecule has 5 nitrogen and oxygen atoms in total. The minimum absolute atomic E-state index is 0.0215. The van der Waals surface area contributed by atoms with Crippen LogP contribution in [-0.4, -0.2) is 32.8 Å². The average molecular weight is 292 g/mol. The van der Waals surface area contributed by atoms with Gasteiger partial charge >= 0.3 is 0 Å². The van der Waals surface area contributed by atoms with Gasteiger partial charge < -0.3 is 20.5 Å². The molecule has 0 atom stereocenters. The Morgan fingerprint density at radius 1 is 1.33 bits per heavy atom. The van der Waals surface area contributed by atoms with Gasteiger partial charge in [-0.25, -0.2) is 0 Å². The molecule has 0 saturated heterocycles. The monoisotopic (exact) mass is 292 g/mol. The Morgan fingerprint density at radius 2 is 2.10 bits per heavy atom. The summed E-state index contributed by atoms with van der Waals surface area (Å²) >= 11 is 0. The van der Waals surface area contributed by atoms with Gasteiger partial charge in [-0.05, 0) is 36.8 Å². The molecular formula is C16H24N2O3. The van der Waals surface area contributed by atoms with E-state index in [1.54, 1.807) is 19.2 Å². The number of methoxy groups -OCH3 is 1. The molecule has 2 rings (SSSR count). The summed E-state index contributed by atoms with van der Waals surface area (Å²) in [7, 11) is 1.71. The van der Waals surface area contributed by atoms with Gasteiger partial charge in [0.1, 0.15) is 5.75 Å². The van der Waals surface area contributed by atoms with Crippen LogP contribution in [0.2, 0.25) is 0 Å². The first-order valence-corrected chi connectivity index (χ1v) is 7.38. The van der Waals surface area contributed by atoms with Crippen molar-refractivity contribution in [1.29, 1.82) is 0 Å². The third-order valence-corrected chi connectivity index (χ3v) is 3.96. The van der Waals surface area contributed by atoms with Crippen molar-refractivity contribution in [2.24, 2.45) is 5.41 Å². The lowest BCUT2D eigenvalue weighted by Gasteiger charge is -2.15. The number of anilines is 1. The van der Waals surface area contributed by atoms with E-state index >= 15 is 0 Å². The second-order valence-electron chi connectivity index (χ2n) is 5.66. The molecule has 1 amide bonds. The van der Waals surface area contributed by atoms with Crippen LogP contribution in [0.3, 0.4) is 0 Å². The number of carbonyl (C=O) groups is 1. The molecule has 0 unspecified atom stereocenters. The van der Waals surface area contributed by atoms with E-state index in [1.807, 2.05) is 12.1 Å². The van der Waals surface area contributed by atoms with Gasteiger partial charge in [-0.3, -0.25) is 4.79 Å². The van der Waals surface area contributed by atoms with Crippen LogP contribution in [0.15, 0.2) is 24.3 Å². The Morgan fingerprint density at radius 3 is 2.76 bits per heavy atom. The lowest BCUT2D eigenvalue weighted by Crippen LogP contribution is -2.31. The van der Waals surface area contributed by atoms with Crippen LogP contribution in [0.4, 0.5) is 5.69 Å². The topological polar surface area (TPSA) is 73.6 Å². The Kier molecular flexibility index (Phi) is 5.44. The first-order valence-electron chi connectivity index (χ1n) is 7.38. The largest absolute Gasteiger partial charge is 0.491 e. The molecule has 1 saturated carbocycles. The fourth-order valence-corrected chi connectivity index (χ4v) is 2.25. The van der Waals surface area contributed by atoms with Crippen LogP contribution in [0.25, 0.3) is 0 Å². The van der Waals surface area contributed by atoms with Crippen molar-refractivity contribution in [3.05, 3.63) is 24.3 Å². The predicted octanol–water partition coefficient (Wildman–Crippen LogP) is 1.97. The van der Waals surface area contributed by atoms with Crippen LogP contribution in [0.1, 0.15) is 25.7 Å². The molecule has 1 aromatic rings. The standard InChI is InChI=1S/C16H24N2O3/c1-20-11-9-16(7-8-16)12-18-15(19)6-10-21-14-5-3-2-4-13(14)17/h2-5H,6-12,17H2,1H3,(H,18,19). The Hall–Kier alpha value is -1.75. The maximum absolute atomic E-state index is 11.8. The first kappa shape index (κ1) is 15.6. The highest BCUT2D eigenvalue weighted by Crippen LogP contribution is 2.48. The van der Waals surface area contributed by atoms with E-state index in [0.29, 0.717) is 24.5 Å². The van der Waals surface area contributed by atoms with Crippen molar-refractivity contribution in [1.82, 2.24) is 5.32 Å². The minimum atomic E-state index is 0.0215.